The number of nitrogens with zero attached hydrogens (tertiary/aromatic N) is 2. The molecule has 1 saturated carbocycles. The molecule has 1 aromatic rings. The minimum absolute atomic E-state index is 0.00875. The molecule has 1 aliphatic carbocycles. The van der Waals surface area contributed by atoms with Gasteiger partial charge in [0.25, 0.3) is 5.91 Å². The van der Waals surface area contributed by atoms with Crippen LogP contribution in [0.25, 0.3) is 0 Å². The van der Waals surface area contributed by atoms with Crippen LogP contribution in [-0.4, -0.2) is 34.9 Å². The maximum Gasteiger partial charge on any atom is 0.272 e. The van der Waals surface area contributed by atoms with E-state index in [4.69, 9.17) is 0 Å². The Bertz CT molecular complexity index is 397. The summed E-state index contributed by atoms with van der Waals surface area (Å²) in [5.41, 5.74) is 1.53. The molecule has 17 heavy (non-hydrogen) atoms. The van der Waals surface area contributed by atoms with E-state index in [1.807, 2.05) is 26.0 Å². The molecule has 0 spiro atoms. The summed E-state index contributed by atoms with van der Waals surface area (Å²) in [6, 6.07) is 4.35. The molecule has 4 heteroatoms. The third kappa shape index (κ3) is 2.96. The van der Waals surface area contributed by atoms with Gasteiger partial charge in [0.1, 0.15) is 5.69 Å². The molecule has 0 bridgehead atoms. The van der Waals surface area contributed by atoms with E-state index in [1.165, 1.54) is 12.8 Å². The van der Waals surface area contributed by atoms with Crippen molar-refractivity contribution in [2.45, 2.75) is 32.7 Å². The van der Waals surface area contributed by atoms with Crippen LogP contribution in [0.1, 0.15) is 37.2 Å². The number of rotatable bonds is 5. The van der Waals surface area contributed by atoms with Crippen LogP contribution in [0.2, 0.25) is 0 Å². The summed E-state index contributed by atoms with van der Waals surface area (Å²) in [6.07, 6.45) is 4.14. The smallest absolute Gasteiger partial charge is 0.272 e. The van der Waals surface area contributed by atoms with Crippen LogP contribution in [0.5, 0.6) is 0 Å². The Morgan fingerprint density at radius 3 is 2.76 bits per heavy atom. The summed E-state index contributed by atoms with van der Waals surface area (Å²) in [5, 5.41) is 3.38. The third-order valence-electron chi connectivity index (χ3n) is 2.98. The minimum atomic E-state index is 0.00875. The van der Waals surface area contributed by atoms with Gasteiger partial charge in [-0.25, -0.2) is 0 Å². The summed E-state index contributed by atoms with van der Waals surface area (Å²) in [5.74, 6) is 0.00875. The normalized spacial score (nSPS) is 14.5. The first kappa shape index (κ1) is 11.9. The van der Waals surface area contributed by atoms with Crippen LogP contribution in [-0.2, 0) is 0 Å². The molecule has 1 heterocycles. The maximum absolute atomic E-state index is 12.1. The Labute approximate surface area is 102 Å². The Kier molecular flexibility index (Phi) is 3.61. The van der Waals surface area contributed by atoms with Crippen LogP contribution in [0.4, 0.5) is 5.69 Å². The van der Waals surface area contributed by atoms with E-state index in [-0.39, 0.29) is 5.91 Å². The fourth-order valence-corrected chi connectivity index (χ4v) is 1.77. The van der Waals surface area contributed by atoms with Crippen molar-refractivity contribution in [2.75, 3.05) is 18.4 Å². The van der Waals surface area contributed by atoms with Gasteiger partial charge in [0, 0.05) is 31.0 Å². The van der Waals surface area contributed by atoms with Crippen molar-refractivity contribution >= 4 is 11.6 Å². The lowest BCUT2D eigenvalue weighted by atomic mass is 10.2. The number of carbonyl (C=O) groups is 1. The van der Waals surface area contributed by atoms with Crippen molar-refractivity contribution in [3.05, 3.63) is 24.0 Å². The Balaban J connectivity index is 2.10. The predicted molar refractivity (Wildman–Crippen MR) is 68.1 cm³/mol. The molecule has 0 saturated heterocycles. The van der Waals surface area contributed by atoms with Gasteiger partial charge in [0.05, 0.1) is 0 Å². The third-order valence-corrected chi connectivity index (χ3v) is 2.98. The van der Waals surface area contributed by atoms with Gasteiger partial charge in [-0.2, -0.15) is 0 Å². The van der Waals surface area contributed by atoms with E-state index in [9.17, 15) is 4.79 Å². The first-order valence-electron chi connectivity index (χ1n) is 6.26. The number of carbonyl (C=O) groups excluding carboxylic acids is 1. The van der Waals surface area contributed by atoms with E-state index >= 15 is 0 Å². The molecule has 1 N–H and O–H groups in total. The zero-order valence-corrected chi connectivity index (χ0v) is 10.4. The Morgan fingerprint density at radius 2 is 2.18 bits per heavy atom. The summed E-state index contributed by atoms with van der Waals surface area (Å²) < 4.78 is 0. The zero-order valence-electron chi connectivity index (χ0n) is 10.4. The fourth-order valence-electron chi connectivity index (χ4n) is 1.77. The first-order chi connectivity index (χ1) is 8.24. The van der Waals surface area contributed by atoms with Crippen molar-refractivity contribution in [1.82, 2.24) is 9.88 Å². The average Bonchev–Trinajstić information content (AvgIpc) is 3.15. The van der Waals surface area contributed by atoms with Crippen LogP contribution < -0.4 is 5.32 Å². The quantitative estimate of drug-likeness (QED) is 0.847. The molecule has 1 aromatic heterocycles. The van der Waals surface area contributed by atoms with E-state index in [2.05, 4.69) is 10.3 Å². The number of aromatic nitrogens is 1. The van der Waals surface area contributed by atoms with Crippen molar-refractivity contribution in [2.24, 2.45) is 0 Å². The summed E-state index contributed by atoms with van der Waals surface area (Å²) >= 11 is 0. The van der Waals surface area contributed by atoms with Crippen LogP contribution in [0, 0.1) is 0 Å². The van der Waals surface area contributed by atoms with E-state index in [0.29, 0.717) is 11.7 Å². The molecular weight excluding hydrogens is 214 g/mol. The van der Waals surface area contributed by atoms with Gasteiger partial charge in [-0.3, -0.25) is 9.78 Å². The van der Waals surface area contributed by atoms with Crippen molar-refractivity contribution in [3.63, 3.8) is 0 Å². The summed E-state index contributed by atoms with van der Waals surface area (Å²) in [7, 11) is 0. The standard InChI is InChI=1S/C13H19N3O/c1-3-16(4-2)13(17)12-9-11(7-8-14-12)15-10-5-6-10/h7-10H,3-6H2,1-2H3,(H,14,15). The monoisotopic (exact) mass is 233 g/mol. The topological polar surface area (TPSA) is 45.2 Å². The second kappa shape index (κ2) is 5.17. The molecule has 0 atom stereocenters. The van der Waals surface area contributed by atoms with Crippen LogP contribution in [0.15, 0.2) is 18.3 Å². The largest absolute Gasteiger partial charge is 0.382 e. The lowest BCUT2D eigenvalue weighted by Gasteiger charge is -2.18. The van der Waals surface area contributed by atoms with Gasteiger partial charge in [0.2, 0.25) is 0 Å². The highest BCUT2D eigenvalue weighted by atomic mass is 16.2. The maximum atomic E-state index is 12.1. The Hall–Kier alpha value is -1.58. The number of hydrogen-bond donors (Lipinski definition) is 1. The van der Waals surface area contributed by atoms with Crippen LogP contribution in [0.3, 0.4) is 0 Å². The summed E-state index contributed by atoms with van der Waals surface area (Å²) in [4.78, 5) is 18.0. The fraction of sp³-hybridized carbons (Fsp3) is 0.538. The number of hydrogen-bond acceptors (Lipinski definition) is 3. The predicted octanol–water partition coefficient (Wildman–Crippen LogP) is 2.14. The second-order valence-electron chi connectivity index (χ2n) is 4.33. The van der Waals surface area contributed by atoms with Gasteiger partial charge in [-0.15, -0.1) is 0 Å². The van der Waals surface area contributed by atoms with Gasteiger partial charge >= 0.3 is 0 Å². The molecular formula is C13H19N3O. The molecule has 0 aliphatic heterocycles. The number of anilines is 1. The van der Waals surface area contributed by atoms with Gasteiger partial charge in [-0.05, 0) is 38.8 Å². The molecule has 0 aromatic carbocycles. The molecule has 1 amide bonds. The summed E-state index contributed by atoms with van der Waals surface area (Å²) in [6.45, 7) is 5.40. The number of nitrogens with one attached hydrogen (secondary N) is 1. The van der Waals surface area contributed by atoms with Gasteiger partial charge in [-0.1, -0.05) is 0 Å². The van der Waals surface area contributed by atoms with Gasteiger partial charge < -0.3 is 10.2 Å². The van der Waals surface area contributed by atoms with Crippen molar-refractivity contribution in [1.29, 1.82) is 0 Å². The van der Waals surface area contributed by atoms with Crippen molar-refractivity contribution in [3.8, 4) is 0 Å². The molecule has 0 unspecified atom stereocenters. The number of pyridine rings is 1. The second-order valence-corrected chi connectivity index (χ2v) is 4.33. The highest BCUT2D eigenvalue weighted by molar-refractivity contribution is 5.93. The van der Waals surface area contributed by atoms with Gasteiger partial charge in [0.15, 0.2) is 0 Å². The van der Waals surface area contributed by atoms with E-state index in [0.717, 1.165) is 18.8 Å². The number of amides is 1. The zero-order chi connectivity index (χ0) is 12.3. The molecule has 2 rings (SSSR count). The Morgan fingerprint density at radius 1 is 1.47 bits per heavy atom. The molecule has 92 valence electrons. The van der Waals surface area contributed by atoms with Crippen LogP contribution >= 0.6 is 0 Å². The SMILES string of the molecule is CCN(CC)C(=O)c1cc(NC2CC2)ccn1. The highest BCUT2D eigenvalue weighted by Gasteiger charge is 2.21. The van der Waals surface area contributed by atoms with E-state index in [1.54, 1.807) is 11.1 Å². The van der Waals surface area contributed by atoms with E-state index < -0.39 is 0 Å². The average molecular weight is 233 g/mol. The minimum Gasteiger partial charge on any atom is -0.382 e. The molecule has 4 nitrogen and oxygen atoms in total. The van der Waals surface area contributed by atoms with Crippen molar-refractivity contribution < 1.29 is 4.79 Å². The molecule has 1 fully saturated rings. The lowest BCUT2D eigenvalue weighted by molar-refractivity contribution is 0.0767. The lowest BCUT2D eigenvalue weighted by Crippen LogP contribution is -2.31. The molecule has 1 aliphatic rings. The first-order valence-corrected chi connectivity index (χ1v) is 6.26. The molecule has 0 radical (unpaired) electrons. The highest BCUT2D eigenvalue weighted by Crippen LogP contribution is 2.24.